The van der Waals surface area contributed by atoms with Crippen LogP contribution in [0.3, 0.4) is 0 Å². The van der Waals surface area contributed by atoms with Gasteiger partial charge in [0, 0.05) is 17.1 Å². The molecule has 1 aliphatic rings. The SMILES string of the molecule is CCC(CO)NC(c1ccc(Cl)cc1)C1CC1. The van der Waals surface area contributed by atoms with Crippen LogP contribution in [0.1, 0.15) is 37.8 Å². The second-order valence-corrected chi connectivity index (χ2v) is 5.26. The Labute approximate surface area is 108 Å². The Kier molecular flexibility index (Phi) is 4.43. The van der Waals surface area contributed by atoms with Crippen molar-refractivity contribution >= 4 is 11.6 Å². The lowest BCUT2D eigenvalue weighted by Gasteiger charge is -2.24. The standard InChI is InChI=1S/C14H20ClNO/c1-2-13(9-17)16-14(10-3-4-10)11-5-7-12(15)8-6-11/h5-8,10,13-14,16-17H,2-4,9H2,1H3. The highest BCUT2D eigenvalue weighted by Gasteiger charge is 2.33. The Hall–Kier alpha value is -0.570. The van der Waals surface area contributed by atoms with Crippen molar-refractivity contribution in [3.05, 3.63) is 34.9 Å². The third-order valence-electron chi connectivity index (χ3n) is 3.45. The molecule has 1 aliphatic carbocycles. The first-order valence-corrected chi connectivity index (χ1v) is 6.74. The van der Waals surface area contributed by atoms with Gasteiger partial charge in [-0.1, -0.05) is 30.7 Å². The van der Waals surface area contributed by atoms with Gasteiger partial charge < -0.3 is 10.4 Å². The van der Waals surface area contributed by atoms with Gasteiger partial charge in [-0.3, -0.25) is 0 Å². The number of hydrogen-bond donors (Lipinski definition) is 2. The molecule has 0 heterocycles. The molecule has 1 saturated carbocycles. The molecule has 0 amide bonds. The predicted molar refractivity (Wildman–Crippen MR) is 71.2 cm³/mol. The zero-order valence-electron chi connectivity index (χ0n) is 10.2. The van der Waals surface area contributed by atoms with Gasteiger partial charge in [-0.25, -0.2) is 0 Å². The van der Waals surface area contributed by atoms with Crippen LogP contribution in [0.25, 0.3) is 0 Å². The van der Waals surface area contributed by atoms with Gasteiger partial charge in [0.25, 0.3) is 0 Å². The number of halogens is 1. The highest BCUT2D eigenvalue weighted by molar-refractivity contribution is 6.30. The summed E-state index contributed by atoms with van der Waals surface area (Å²) in [7, 11) is 0. The van der Waals surface area contributed by atoms with Gasteiger partial charge in [0.15, 0.2) is 0 Å². The molecular formula is C14H20ClNO. The van der Waals surface area contributed by atoms with Gasteiger partial charge in [-0.15, -0.1) is 0 Å². The van der Waals surface area contributed by atoms with Gasteiger partial charge in [0.05, 0.1) is 6.61 Å². The molecule has 2 rings (SSSR count). The Morgan fingerprint density at radius 3 is 2.47 bits per heavy atom. The number of aliphatic hydroxyl groups excluding tert-OH is 1. The highest BCUT2D eigenvalue weighted by atomic mass is 35.5. The van der Waals surface area contributed by atoms with Crippen molar-refractivity contribution in [1.29, 1.82) is 0 Å². The van der Waals surface area contributed by atoms with Crippen LogP contribution in [0.2, 0.25) is 5.02 Å². The Morgan fingerprint density at radius 1 is 1.35 bits per heavy atom. The van der Waals surface area contributed by atoms with Gasteiger partial charge in [0.2, 0.25) is 0 Å². The van der Waals surface area contributed by atoms with Crippen LogP contribution in [0, 0.1) is 5.92 Å². The summed E-state index contributed by atoms with van der Waals surface area (Å²) in [4.78, 5) is 0. The lowest BCUT2D eigenvalue weighted by molar-refractivity contribution is 0.223. The van der Waals surface area contributed by atoms with E-state index in [0.717, 1.165) is 17.4 Å². The third kappa shape index (κ3) is 3.44. The van der Waals surface area contributed by atoms with Crippen molar-refractivity contribution in [1.82, 2.24) is 5.32 Å². The summed E-state index contributed by atoms with van der Waals surface area (Å²) in [5.74, 6) is 0.719. The number of hydrogen-bond acceptors (Lipinski definition) is 2. The molecular weight excluding hydrogens is 234 g/mol. The van der Waals surface area contributed by atoms with E-state index in [9.17, 15) is 5.11 Å². The first-order valence-electron chi connectivity index (χ1n) is 6.37. The molecule has 0 aliphatic heterocycles. The number of aliphatic hydroxyl groups is 1. The van der Waals surface area contributed by atoms with Crippen LogP contribution in [0.15, 0.2) is 24.3 Å². The van der Waals surface area contributed by atoms with Crippen molar-refractivity contribution in [2.75, 3.05) is 6.61 Å². The quantitative estimate of drug-likeness (QED) is 0.816. The molecule has 0 aromatic heterocycles. The lowest BCUT2D eigenvalue weighted by Crippen LogP contribution is -2.36. The summed E-state index contributed by atoms with van der Waals surface area (Å²) in [5, 5.41) is 13.6. The molecule has 1 fully saturated rings. The zero-order chi connectivity index (χ0) is 12.3. The lowest BCUT2D eigenvalue weighted by atomic mass is 10.0. The maximum absolute atomic E-state index is 9.28. The minimum Gasteiger partial charge on any atom is -0.395 e. The maximum atomic E-state index is 9.28. The van der Waals surface area contributed by atoms with Crippen molar-refractivity contribution in [2.24, 2.45) is 5.92 Å². The van der Waals surface area contributed by atoms with E-state index < -0.39 is 0 Å². The fourth-order valence-electron chi connectivity index (χ4n) is 2.16. The fraction of sp³-hybridized carbons (Fsp3) is 0.571. The van der Waals surface area contributed by atoms with E-state index in [-0.39, 0.29) is 12.6 Å². The second kappa shape index (κ2) is 5.85. The molecule has 2 N–H and O–H groups in total. The summed E-state index contributed by atoms with van der Waals surface area (Å²) >= 11 is 5.91. The monoisotopic (exact) mass is 253 g/mol. The Bertz CT molecular complexity index is 344. The zero-order valence-corrected chi connectivity index (χ0v) is 11.0. The highest BCUT2D eigenvalue weighted by Crippen LogP contribution is 2.41. The summed E-state index contributed by atoms with van der Waals surface area (Å²) in [6.45, 7) is 2.30. The van der Waals surface area contributed by atoms with Crippen molar-refractivity contribution in [2.45, 2.75) is 38.3 Å². The molecule has 2 atom stereocenters. The maximum Gasteiger partial charge on any atom is 0.0584 e. The summed E-state index contributed by atoms with van der Waals surface area (Å²) < 4.78 is 0. The second-order valence-electron chi connectivity index (χ2n) is 4.82. The summed E-state index contributed by atoms with van der Waals surface area (Å²) in [6, 6.07) is 8.60. The van der Waals surface area contributed by atoms with E-state index in [1.165, 1.54) is 18.4 Å². The molecule has 0 radical (unpaired) electrons. The van der Waals surface area contributed by atoms with E-state index in [2.05, 4.69) is 24.4 Å². The van der Waals surface area contributed by atoms with Crippen LogP contribution in [0.4, 0.5) is 0 Å². The predicted octanol–water partition coefficient (Wildman–Crippen LogP) is 3.15. The van der Waals surface area contributed by atoms with Crippen LogP contribution in [-0.2, 0) is 0 Å². The van der Waals surface area contributed by atoms with E-state index >= 15 is 0 Å². The van der Waals surface area contributed by atoms with Crippen molar-refractivity contribution < 1.29 is 5.11 Å². The largest absolute Gasteiger partial charge is 0.395 e. The van der Waals surface area contributed by atoms with E-state index in [4.69, 9.17) is 11.6 Å². The average molecular weight is 254 g/mol. The normalized spacial score (nSPS) is 19.0. The molecule has 2 unspecified atom stereocenters. The molecule has 0 saturated heterocycles. The smallest absolute Gasteiger partial charge is 0.0584 e. The van der Waals surface area contributed by atoms with Gasteiger partial charge in [0.1, 0.15) is 0 Å². The van der Waals surface area contributed by atoms with Gasteiger partial charge in [-0.2, -0.15) is 0 Å². The van der Waals surface area contributed by atoms with Crippen molar-refractivity contribution in [3.8, 4) is 0 Å². The molecule has 17 heavy (non-hydrogen) atoms. The molecule has 0 bridgehead atoms. The number of nitrogens with one attached hydrogen (secondary N) is 1. The number of benzene rings is 1. The Balaban J connectivity index is 2.08. The topological polar surface area (TPSA) is 32.3 Å². The molecule has 1 aromatic rings. The fourth-order valence-corrected chi connectivity index (χ4v) is 2.28. The van der Waals surface area contributed by atoms with E-state index in [1.54, 1.807) is 0 Å². The van der Waals surface area contributed by atoms with Crippen LogP contribution in [0.5, 0.6) is 0 Å². The summed E-state index contributed by atoms with van der Waals surface area (Å²) in [6.07, 6.45) is 3.51. The van der Waals surface area contributed by atoms with Gasteiger partial charge in [-0.05, 0) is 42.9 Å². The Morgan fingerprint density at radius 2 is 2.00 bits per heavy atom. The summed E-state index contributed by atoms with van der Waals surface area (Å²) in [5.41, 5.74) is 1.28. The first kappa shape index (κ1) is 12.9. The molecule has 1 aromatic carbocycles. The van der Waals surface area contributed by atoms with Crippen LogP contribution in [-0.4, -0.2) is 17.8 Å². The van der Waals surface area contributed by atoms with Crippen LogP contribution >= 0.6 is 11.6 Å². The molecule has 0 spiro atoms. The van der Waals surface area contributed by atoms with Gasteiger partial charge >= 0.3 is 0 Å². The first-order chi connectivity index (χ1) is 8.24. The van der Waals surface area contributed by atoms with Crippen LogP contribution < -0.4 is 5.32 Å². The molecule has 94 valence electrons. The third-order valence-corrected chi connectivity index (χ3v) is 3.70. The average Bonchev–Trinajstić information content (AvgIpc) is 3.17. The molecule has 2 nitrogen and oxygen atoms in total. The number of rotatable bonds is 6. The van der Waals surface area contributed by atoms with E-state index in [0.29, 0.717) is 6.04 Å². The molecule has 3 heteroatoms. The minimum absolute atomic E-state index is 0.191. The van der Waals surface area contributed by atoms with Crippen molar-refractivity contribution in [3.63, 3.8) is 0 Å². The van der Waals surface area contributed by atoms with E-state index in [1.807, 2.05) is 12.1 Å². The minimum atomic E-state index is 0.191.